The molecule has 0 aliphatic rings. The molecular formula is C12H12BrFN2O. The Hall–Kier alpha value is -1.36. The second-order valence-corrected chi connectivity index (χ2v) is 4.51. The van der Waals surface area contributed by atoms with Gasteiger partial charge < -0.3 is 5.43 Å². The summed E-state index contributed by atoms with van der Waals surface area (Å²) in [5.74, 6) is -0.500. The third kappa shape index (κ3) is 1.84. The van der Waals surface area contributed by atoms with Gasteiger partial charge in [-0.25, -0.2) is 9.07 Å². The van der Waals surface area contributed by atoms with Gasteiger partial charge in [0.05, 0.1) is 11.1 Å². The Labute approximate surface area is 106 Å². The molecule has 0 aliphatic heterocycles. The van der Waals surface area contributed by atoms with E-state index in [9.17, 15) is 9.18 Å². The molecule has 1 aromatic carbocycles. The second-order valence-electron chi connectivity index (χ2n) is 3.71. The summed E-state index contributed by atoms with van der Waals surface area (Å²) in [6.07, 6.45) is 0. The fourth-order valence-electron chi connectivity index (χ4n) is 1.83. The van der Waals surface area contributed by atoms with Crippen LogP contribution in [-0.2, 0) is 0 Å². The molecule has 0 saturated carbocycles. The van der Waals surface area contributed by atoms with Gasteiger partial charge in [0.1, 0.15) is 5.82 Å². The van der Waals surface area contributed by atoms with Gasteiger partial charge >= 0.3 is 0 Å². The van der Waals surface area contributed by atoms with Crippen molar-refractivity contribution in [1.29, 1.82) is 0 Å². The van der Waals surface area contributed by atoms with Crippen molar-refractivity contribution in [2.24, 2.45) is 0 Å². The highest BCUT2D eigenvalue weighted by molar-refractivity contribution is 9.10. The third-order valence-electron chi connectivity index (χ3n) is 2.64. The van der Waals surface area contributed by atoms with Crippen LogP contribution in [0.2, 0.25) is 0 Å². The Morgan fingerprint density at radius 1 is 1.47 bits per heavy atom. The molecule has 0 fully saturated rings. The number of aromatic nitrogens is 1. The molecule has 90 valence electrons. The molecule has 0 spiro atoms. The van der Waals surface area contributed by atoms with Crippen molar-refractivity contribution >= 4 is 26.7 Å². The van der Waals surface area contributed by atoms with E-state index >= 15 is 0 Å². The number of rotatable bonds is 2. The van der Waals surface area contributed by atoms with Crippen molar-refractivity contribution in [2.75, 3.05) is 12.0 Å². The lowest BCUT2D eigenvalue weighted by Gasteiger charge is -2.14. The van der Waals surface area contributed by atoms with E-state index in [-0.39, 0.29) is 10.9 Å². The lowest BCUT2D eigenvalue weighted by molar-refractivity contribution is 0.636. The molecule has 0 bridgehead atoms. The van der Waals surface area contributed by atoms with Crippen LogP contribution >= 0.6 is 15.9 Å². The number of pyridine rings is 1. The first-order valence-electron chi connectivity index (χ1n) is 5.31. The molecule has 5 heteroatoms. The molecule has 1 heterocycles. The van der Waals surface area contributed by atoms with E-state index < -0.39 is 5.82 Å². The van der Waals surface area contributed by atoms with Gasteiger partial charge in [0.15, 0.2) is 0 Å². The summed E-state index contributed by atoms with van der Waals surface area (Å²) in [5, 5.41) is 0.701. The highest BCUT2D eigenvalue weighted by Gasteiger charge is 2.14. The maximum Gasteiger partial charge on any atom is 0.279 e. The van der Waals surface area contributed by atoms with Crippen LogP contribution in [0.15, 0.2) is 27.5 Å². The molecule has 1 N–H and O–H groups in total. The Kier molecular flexibility index (Phi) is 3.19. The van der Waals surface area contributed by atoms with Gasteiger partial charge in [-0.2, -0.15) is 0 Å². The quantitative estimate of drug-likeness (QED) is 0.925. The zero-order valence-electron chi connectivity index (χ0n) is 9.55. The molecular weight excluding hydrogens is 287 g/mol. The number of hydrogen-bond acceptors (Lipinski definition) is 2. The van der Waals surface area contributed by atoms with Crippen molar-refractivity contribution in [2.45, 2.75) is 13.8 Å². The number of nitrogens with one attached hydrogen (secondary N) is 1. The first kappa shape index (κ1) is 12.1. The highest BCUT2D eigenvalue weighted by Crippen LogP contribution is 2.25. The van der Waals surface area contributed by atoms with E-state index in [4.69, 9.17) is 0 Å². The van der Waals surface area contributed by atoms with E-state index in [1.807, 2.05) is 6.92 Å². The largest absolute Gasteiger partial charge is 0.323 e. The lowest BCUT2D eigenvalue weighted by Crippen LogP contribution is -2.31. The Morgan fingerprint density at radius 2 is 2.18 bits per heavy atom. The summed E-state index contributed by atoms with van der Waals surface area (Å²) in [7, 11) is 0. The predicted molar refractivity (Wildman–Crippen MR) is 70.5 cm³/mol. The van der Waals surface area contributed by atoms with Crippen LogP contribution in [0.5, 0.6) is 0 Å². The highest BCUT2D eigenvalue weighted by atomic mass is 79.9. The molecule has 0 radical (unpaired) electrons. The Bertz CT molecular complexity index is 636. The van der Waals surface area contributed by atoms with Crippen LogP contribution < -0.4 is 11.0 Å². The van der Waals surface area contributed by atoms with Crippen molar-refractivity contribution < 1.29 is 4.39 Å². The van der Waals surface area contributed by atoms with Crippen molar-refractivity contribution in [3.8, 4) is 0 Å². The van der Waals surface area contributed by atoms with E-state index in [0.29, 0.717) is 11.9 Å². The lowest BCUT2D eigenvalue weighted by atomic mass is 10.1. The fraction of sp³-hybridized carbons (Fsp3) is 0.250. The number of fused-ring (bicyclic) bond motifs is 1. The second kappa shape index (κ2) is 4.49. The van der Waals surface area contributed by atoms with Gasteiger partial charge in [-0.05, 0) is 35.8 Å². The minimum Gasteiger partial charge on any atom is -0.323 e. The molecule has 0 amide bonds. The molecule has 1 aromatic heterocycles. The summed E-state index contributed by atoms with van der Waals surface area (Å²) < 4.78 is 15.8. The number of benzene rings is 1. The van der Waals surface area contributed by atoms with E-state index in [0.717, 1.165) is 10.2 Å². The minimum absolute atomic E-state index is 0.103. The van der Waals surface area contributed by atoms with Gasteiger partial charge in [0, 0.05) is 16.4 Å². The normalized spacial score (nSPS) is 10.8. The predicted octanol–water partition coefficient (Wildman–Crippen LogP) is 2.77. The molecule has 3 nitrogen and oxygen atoms in total. The third-order valence-corrected chi connectivity index (χ3v) is 3.64. The topological polar surface area (TPSA) is 34.0 Å². The van der Waals surface area contributed by atoms with Gasteiger partial charge in [-0.15, -0.1) is 0 Å². The zero-order chi connectivity index (χ0) is 12.6. The van der Waals surface area contributed by atoms with Gasteiger partial charge in [0.2, 0.25) is 0 Å². The number of nitrogens with zero attached hydrogens (tertiary/aromatic N) is 1. The van der Waals surface area contributed by atoms with Crippen LogP contribution in [0.1, 0.15) is 12.6 Å². The van der Waals surface area contributed by atoms with E-state index in [1.165, 1.54) is 10.7 Å². The van der Waals surface area contributed by atoms with Gasteiger partial charge in [0.25, 0.3) is 5.56 Å². The zero-order valence-corrected chi connectivity index (χ0v) is 11.1. The maximum absolute atomic E-state index is 13.7. The average Bonchev–Trinajstić information content (AvgIpc) is 2.31. The van der Waals surface area contributed by atoms with Crippen LogP contribution in [0, 0.1) is 12.7 Å². The fourth-order valence-corrected chi connectivity index (χ4v) is 2.34. The van der Waals surface area contributed by atoms with Crippen molar-refractivity contribution in [3.63, 3.8) is 0 Å². The molecule has 17 heavy (non-hydrogen) atoms. The van der Waals surface area contributed by atoms with Crippen LogP contribution in [0.3, 0.4) is 0 Å². The standard InChI is InChI=1S/C12H12BrFN2O/c1-3-15-16-7(2)11(13)8-5-4-6-9(14)10(8)12(16)17/h4-6,15H,3H2,1-2H3. The van der Waals surface area contributed by atoms with E-state index in [1.54, 1.807) is 19.1 Å². The number of hydrogen-bond donors (Lipinski definition) is 1. The summed E-state index contributed by atoms with van der Waals surface area (Å²) in [6.45, 7) is 4.27. The SMILES string of the molecule is CCNn1c(C)c(Br)c2cccc(F)c2c1=O. The summed E-state index contributed by atoms with van der Waals surface area (Å²) in [6, 6.07) is 4.62. The maximum atomic E-state index is 13.7. The van der Waals surface area contributed by atoms with E-state index in [2.05, 4.69) is 21.4 Å². The summed E-state index contributed by atoms with van der Waals surface area (Å²) in [5.41, 5.74) is 3.28. The average molecular weight is 299 g/mol. The first-order valence-corrected chi connectivity index (χ1v) is 6.10. The van der Waals surface area contributed by atoms with Crippen molar-refractivity contribution in [1.82, 2.24) is 4.68 Å². The monoisotopic (exact) mass is 298 g/mol. The molecule has 2 aromatic rings. The van der Waals surface area contributed by atoms with Crippen LogP contribution in [0.25, 0.3) is 10.8 Å². The summed E-state index contributed by atoms with van der Waals surface area (Å²) >= 11 is 3.40. The van der Waals surface area contributed by atoms with Crippen molar-refractivity contribution in [3.05, 3.63) is 44.5 Å². The molecule has 0 unspecified atom stereocenters. The Balaban J connectivity index is 2.96. The smallest absolute Gasteiger partial charge is 0.279 e. The first-order chi connectivity index (χ1) is 8.07. The van der Waals surface area contributed by atoms with Gasteiger partial charge in [-0.1, -0.05) is 12.1 Å². The minimum atomic E-state index is -0.500. The molecule has 0 aliphatic carbocycles. The number of halogens is 2. The van der Waals surface area contributed by atoms with Crippen LogP contribution in [0.4, 0.5) is 4.39 Å². The molecule has 0 saturated heterocycles. The Morgan fingerprint density at radius 3 is 2.82 bits per heavy atom. The molecule has 2 rings (SSSR count). The van der Waals surface area contributed by atoms with Gasteiger partial charge in [-0.3, -0.25) is 4.79 Å². The molecule has 0 atom stereocenters. The summed E-state index contributed by atoms with van der Waals surface area (Å²) in [4.78, 5) is 12.2. The van der Waals surface area contributed by atoms with Crippen LogP contribution in [-0.4, -0.2) is 11.2 Å².